The van der Waals surface area contributed by atoms with E-state index in [1.54, 1.807) is 12.1 Å². The van der Waals surface area contributed by atoms with E-state index in [0.29, 0.717) is 11.5 Å². The maximum atomic E-state index is 11.4. The van der Waals surface area contributed by atoms with Gasteiger partial charge in [-0.1, -0.05) is 0 Å². The Morgan fingerprint density at radius 1 is 1.37 bits per heavy atom. The van der Waals surface area contributed by atoms with Crippen LogP contribution in [0.3, 0.4) is 0 Å². The predicted octanol–water partition coefficient (Wildman–Crippen LogP) is 1.63. The maximum Gasteiger partial charge on any atom is 0.176 e. The zero-order valence-corrected chi connectivity index (χ0v) is 11.7. The lowest BCUT2D eigenvalue weighted by Crippen LogP contribution is -2.33. The van der Waals surface area contributed by atoms with Crippen molar-refractivity contribution in [2.24, 2.45) is 11.7 Å². The summed E-state index contributed by atoms with van der Waals surface area (Å²) in [5.41, 5.74) is 5.95. The van der Waals surface area contributed by atoms with E-state index in [9.17, 15) is 4.79 Å². The van der Waals surface area contributed by atoms with Crippen molar-refractivity contribution in [2.45, 2.75) is 12.8 Å². The Hall–Kier alpha value is -1.10. The van der Waals surface area contributed by atoms with Gasteiger partial charge in [0, 0.05) is 18.0 Å². The van der Waals surface area contributed by atoms with Crippen LogP contribution < -0.4 is 15.8 Å². The average molecular weight is 285 g/mol. The first-order valence-electron chi connectivity index (χ1n) is 6.46. The van der Waals surface area contributed by atoms with Gasteiger partial charge in [-0.3, -0.25) is 4.79 Å². The summed E-state index contributed by atoms with van der Waals surface area (Å²) in [5, 5.41) is 3.36. The molecule has 1 aliphatic rings. The Labute approximate surface area is 120 Å². The maximum absolute atomic E-state index is 11.4. The van der Waals surface area contributed by atoms with Crippen molar-refractivity contribution in [1.29, 1.82) is 0 Å². The minimum Gasteiger partial charge on any atom is -0.493 e. The first-order chi connectivity index (χ1) is 8.79. The molecule has 0 radical (unpaired) electrons. The highest BCUT2D eigenvalue weighted by Gasteiger charge is 2.13. The molecular formula is C14H21ClN2O2. The third-order valence-corrected chi connectivity index (χ3v) is 3.25. The number of carbonyl (C=O) groups excluding carboxylic acids is 1. The molecule has 1 saturated heterocycles. The third-order valence-electron chi connectivity index (χ3n) is 3.25. The van der Waals surface area contributed by atoms with Crippen molar-refractivity contribution >= 4 is 18.2 Å². The summed E-state index contributed by atoms with van der Waals surface area (Å²) < 4.78 is 5.73. The number of nitrogens with one attached hydrogen (secondary N) is 1. The molecule has 0 spiro atoms. The van der Waals surface area contributed by atoms with Crippen LogP contribution in [-0.4, -0.2) is 32.0 Å². The van der Waals surface area contributed by atoms with Gasteiger partial charge in [0.1, 0.15) is 5.75 Å². The molecule has 1 unspecified atom stereocenters. The van der Waals surface area contributed by atoms with Gasteiger partial charge < -0.3 is 15.8 Å². The Morgan fingerprint density at radius 3 is 2.68 bits per heavy atom. The van der Waals surface area contributed by atoms with Gasteiger partial charge in [-0.05, 0) is 43.7 Å². The first-order valence-corrected chi connectivity index (χ1v) is 6.46. The number of nitrogens with two attached hydrogens (primary N) is 1. The van der Waals surface area contributed by atoms with E-state index < -0.39 is 0 Å². The molecule has 1 aromatic carbocycles. The van der Waals surface area contributed by atoms with E-state index >= 15 is 0 Å². The summed E-state index contributed by atoms with van der Waals surface area (Å²) in [6.45, 7) is 2.93. The second kappa shape index (κ2) is 8.15. The van der Waals surface area contributed by atoms with Crippen LogP contribution >= 0.6 is 12.4 Å². The Kier molecular flexibility index (Phi) is 6.84. The van der Waals surface area contributed by atoms with Gasteiger partial charge >= 0.3 is 0 Å². The number of hydrogen-bond acceptors (Lipinski definition) is 4. The summed E-state index contributed by atoms with van der Waals surface area (Å²) in [6, 6.07) is 7.20. The highest BCUT2D eigenvalue weighted by molar-refractivity contribution is 5.97. The van der Waals surface area contributed by atoms with Crippen LogP contribution in [-0.2, 0) is 0 Å². The largest absolute Gasteiger partial charge is 0.493 e. The van der Waals surface area contributed by atoms with Crippen LogP contribution in [0, 0.1) is 5.92 Å². The highest BCUT2D eigenvalue weighted by atomic mass is 35.5. The Balaban J connectivity index is 0.00000180. The lowest BCUT2D eigenvalue weighted by molar-refractivity contribution is 0.100. The van der Waals surface area contributed by atoms with E-state index in [1.165, 1.54) is 12.8 Å². The number of hydrogen-bond donors (Lipinski definition) is 2. The smallest absolute Gasteiger partial charge is 0.176 e. The Bertz CT molecular complexity index is 389. The van der Waals surface area contributed by atoms with Gasteiger partial charge in [0.2, 0.25) is 0 Å². The molecule has 1 atom stereocenters. The molecule has 0 aromatic heterocycles. The van der Waals surface area contributed by atoms with Crippen LogP contribution in [0.25, 0.3) is 0 Å². The lowest BCUT2D eigenvalue weighted by Gasteiger charge is -2.22. The number of piperidine rings is 1. The fourth-order valence-corrected chi connectivity index (χ4v) is 2.14. The third kappa shape index (κ3) is 4.82. The van der Waals surface area contributed by atoms with Crippen molar-refractivity contribution in [1.82, 2.24) is 5.32 Å². The number of Topliss-reactive ketones (excluding diaryl/α,β-unsaturated/α-hetero) is 1. The van der Waals surface area contributed by atoms with Gasteiger partial charge in [0.15, 0.2) is 5.78 Å². The molecule has 0 aliphatic carbocycles. The van der Waals surface area contributed by atoms with E-state index in [0.717, 1.165) is 25.4 Å². The molecule has 0 bridgehead atoms. The molecule has 4 nitrogen and oxygen atoms in total. The van der Waals surface area contributed by atoms with Crippen molar-refractivity contribution in [2.75, 3.05) is 26.2 Å². The van der Waals surface area contributed by atoms with E-state index in [4.69, 9.17) is 10.5 Å². The molecule has 3 N–H and O–H groups in total. The molecule has 1 heterocycles. The fourth-order valence-electron chi connectivity index (χ4n) is 2.14. The second-order valence-corrected chi connectivity index (χ2v) is 4.68. The molecule has 0 saturated carbocycles. The minimum absolute atomic E-state index is 0. The summed E-state index contributed by atoms with van der Waals surface area (Å²) in [7, 11) is 0. The average Bonchev–Trinajstić information content (AvgIpc) is 2.46. The van der Waals surface area contributed by atoms with Gasteiger partial charge in [-0.25, -0.2) is 0 Å². The first kappa shape index (κ1) is 16.0. The molecule has 1 aliphatic heterocycles. The highest BCUT2D eigenvalue weighted by Crippen LogP contribution is 2.16. The molecule has 0 amide bonds. The van der Waals surface area contributed by atoms with Crippen LogP contribution in [0.15, 0.2) is 24.3 Å². The predicted molar refractivity (Wildman–Crippen MR) is 78.2 cm³/mol. The van der Waals surface area contributed by atoms with E-state index in [1.807, 2.05) is 12.1 Å². The summed E-state index contributed by atoms with van der Waals surface area (Å²) in [6.07, 6.45) is 2.44. The molecule has 106 valence electrons. The zero-order valence-electron chi connectivity index (χ0n) is 10.9. The Morgan fingerprint density at radius 2 is 2.11 bits per heavy atom. The van der Waals surface area contributed by atoms with Gasteiger partial charge in [0.05, 0.1) is 13.2 Å². The summed E-state index contributed by atoms with van der Waals surface area (Å²) in [5.74, 6) is 1.36. The van der Waals surface area contributed by atoms with Crippen LogP contribution in [0.5, 0.6) is 5.75 Å². The quantitative estimate of drug-likeness (QED) is 0.807. The van der Waals surface area contributed by atoms with Crippen LogP contribution in [0.1, 0.15) is 23.2 Å². The van der Waals surface area contributed by atoms with Crippen molar-refractivity contribution in [3.8, 4) is 5.75 Å². The van der Waals surface area contributed by atoms with Gasteiger partial charge in [-0.2, -0.15) is 0 Å². The molecule has 2 rings (SSSR count). The van der Waals surface area contributed by atoms with E-state index in [-0.39, 0.29) is 24.7 Å². The lowest BCUT2D eigenvalue weighted by atomic mass is 10.0. The number of halogens is 1. The fraction of sp³-hybridized carbons (Fsp3) is 0.500. The van der Waals surface area contributed by atoms with E-state index in [2.05, 4.69) is 5.32 Å². The van der Waals surface area contributed by atoms with Gasteiger partial charge in [0.25, 0.3) is 0 Å². The number of rotatable bonds is 5. The van der Waals surface area contributed by atoms with Crippen molar-refractivity contribution in [3.05, 3.63) is 29.8 Å². The standard InChI is InChI=1S/C14H20N2O2.ClH/c15-8-14(17)12-3-5-13(6-4-12)18-10-11-2-1-7-16-9-11;/h3-6,11,16H,1-2,7-10,15H2;1H. The number of benzene rings is 1. The topological polar surface area (TPSA) is 64.4 Å². The molecule has 19 heavy (non-hydrogen) atoms. The minimum atomic E-state index is -0.0435. The number of ketones is 1. The number of carbonyl (C=O) groups is 1. The van der Waals surface area contributed by atoms with Crippen LogP contribution in [0.4, 0.5) is 0 Å². The SMILES string of the molecule is Cl.NCC(=O)c1ccc(OCC2CCCNC2)cc1. The second-order valence-electron chi connectivity index (χ2n) is 4.68. The molecule has 1 aromatic rings. The van der Waals surface area contributed by atoms with Crippen molar-refractivity contribution in [3.63, 3.8) is 0 Å². The van der Waals surface area contributed by atoms with Crippen LogP contribution in [0.2, 0.25) is 0 Å². The van der Waals surface area contributed by atoms with Gasteiger partial charge in [-0.15, -0.1) is 12.4 Å². The summed E-state index contributed by atoms with van der Waals surface area (Å²) >= 11 is 0. The van der Waals surface area contributed by atoms with Crippen molar-refractivity contribution < 1.29 is 9.53 Å². The normalized spacial score (nSPS) is 18.5. The molecule has 1 fully saturated rings. The molecular weight excluding hydrogens is 264 g/mol. The monoisotopic (exact) mass is 284 g/mol. The molecule has 5 heteroatoms. The summed E-state index contributed by atoms with van der Waals surface area (Å²) in [4.78, 5) is 11.4. The zero-order chi connectivity index (χ0) is 12.8. The number of ether oxygens (including phenoxy) is 1.